The Morgan fingerprint density at radius 1 is 0.808 bits per heavy atom. The van der Waals surface area contributed by atoms with Gasteiger partial charge in [0.2, 0.25) is 0 Å². The molecule has 0 saturated heterocycles. The molecule has 2 nitrogen and oxygen atoms in total. The molecule has 0 fully saturated rings. The summed E-state index contributed by atoms with van der Waals surface area (Å²) in [6, 6.07) is 27.3. The van der Waals surface area contributed by atoms with Crippen molar-refractivity contribution in [3.8, 4) is 0 Å². The second kappa shape index (κ2) is 8.17. The number of nitrogens with zero attached hydrogens (tertiary/aromatic N) is 1. The predicted molar refractivity (Wildman–Crippen MR) is 112 cm³/mol. The molecule has 0 aliphatic carbocycles. The van der Waals surface area contributed by atoms with Gasteiger partial charge in [0.25, 0.3) is 0 Å². The highest BCUT2D eigenvalue weighted by molar-refractivity contribution is 6.32. The van der Waals surface area contributed by atoms with Crippen LogP contribution in [0.1, 0.15) is 16.7 Å². The minimum absolute atomic E-state index is 0.410. The average molecular weight is 334 g/mol. The zero-order valence-corrected chi connectivity index (χ0v) is 14.5. The zero-order valence-electron chi connectivity index (χ0n) is 14.5. The normalized spacial score (nSPS) is 12.0. The van der Waals surface area contributed by atoms with Gasteiger partial charge in [0, 0.05) is 11.1 Å². The summed E-state index contributed by atoms with van der Waals surface area (Å²) < 4.78 is 0. The van der Waals surface area contributed by atoms with Gasteiger partial charge in [-0.2, -0.15) is 0 Å². The molecule has 0 saturated carbocycles. The van der Waals surface area contributed by atoms with Crippen LogP contribution in [0.25, 0.3) is 11.3 Å². The fraction of sp³-hybridized carbons (Fsp3) is 0. The lowest BCUT2D eigenvalue weighted by molar-refractivity contribution is 1.45. The molecule has 0 atom stereocenters. The van der Waals surface area contributed by atoms with Crippen molar-refractivity contribution in [2.24, 2.45) is 10.7 Å². The van der Waals surface area contributed by atoms with E-state index in [-0.39, 0.29) is 0 Å². The van der Waals surface area contributed by atoms with Gasteiger partial charge in [-0.1, -0.05) is 97.0 Å². The molecule has 0 spiro atoms. The predicted octanol–water partition coefficient (Wildman–Crippen LogP) is 3.94. The molecule has 3 aromatic carbocycles. The Labute approximate surface area is 155 Å². The van der Waals surface area contributed by atoms with E-state index in [1.807, 2.05) is 91.0 Å². The molecule has 0 bridgehead atoms. The van der Waals surface area contributed by atoms with Crippen LogP contribution < -0.4 is 11.2 Å². The van der Waals surface area contributed by atoms with E-state index >= 15 is 0 Å². The molecule has 0 heterocycles. The van der Waals surface area contributed by atoms with E-state index in [0.717, 1.165) is 28.0 Å². The molecule has 2 N–H and O–H groups in total. The van der Waals surface area contributed by atoms with Crippen LogP contribution in [0.5, 0.6) is 0 Å². The first-order valence-corrected chi connectivity index (χ1v) is 8.35. The van der Waals surface area contributed by atoms with Crippen molar-refractivity contribution in [3.63, 3.8) is 0 Å². The standard InChI is InChI=1S/C23H19BN2/c1-17(18-9-4-2-5-10-18)15-22(19-11-6-3-7-12-19)26-23(25)20-13-8-14-21(24)16-20/h2-16H,1H2,(H2,25,26)/b22-15-. The molecule has 0 aliphatic rings. The third-order valence-electron chi connectivity index (χ3n) is 3.95. The SMILES string of the molecule is [B]c1cccc(C(N)=N/C(=C\C(=C)c2ccccc2)c2ccccc2)c1. The molecule has 0 aromatic heterocycles. The summed E-state index contributed by atoms with van der Waals surface area (Å²) in [5.74, 6) is 0.410. The molecule has 3 rings (SSSR count). The van der Waals surface area contributed by atoms with Crippen LogP contribution >= 0.6 is 0 Å². The molecule has 0 amide bonds. The van der Waals surface area contributed by atoms with Crippen LogP contribution in [0.3, 0.4) is 0 Å². The molecule has 3 aromatic rings. The highest BCUT2D eigenvalue weighted by Crippen LogP contribution is 2.22. The summed E-state index contributed by atoms with van der Waals surface area (Å²) in [5.41, 5.74) is 11.3. The second-order valence-electron chi connectivity index (χ2n) is 5.91. The average Bonchev–Trinajstić information content (AvgIpc) is 2.68. The maximum atomic E-state index is 6.24. The Morgan fingerprint density at radius 3 is 2.00 bits per heavy atom. The van der Waals surface area contributed by atoms with Gasteiger partial charge in [-0.3, -0.25) is 0 Å². The Balaban J connectivity index is 2.03. The summed E-state index contributed by atoms with van der Waals surface area (Å²) in [7, 11) is 5.86. The Kier molecular flexibility index (Phi) is 5.50. The summed E-state index contributed by atoms with van der Waals surface area (Å²) in [5, 5.41) is 0. The van der Waals surface area contributed by atoms with Gasteiger partial charge in [-0.25, -0.2) is 4.99 Å². The molecule has 124 valence electrons. The van der Waals surface area contributed by atoms with Crippen molar-refractivity contribution >= 4 is 30.4 Å². The maximum absolute atomic E-state index is 6.24. The lowest BCUT2D eigenvalue weighted by Gasteiger charge is -2.08. The summed E-state index contributed by atoms with van der Waals surface area (Å²) in [6.07, 6.45) is 1.95. The fourth-order valence-electron chi connectivity index (χ4n) is 2.58. The van der Waals surface area contributed by atoms with Gasteiger partial charge < -0.3 is 5.73 Å². The van der Waals surface area contributed by atoms with Gasteiger partial charge in [0.15, 0.2) is 0 Å². The highest BCUT2D eigenvalue weighted by atomic mass is 14.9. The number of aliphatic imine (C=N–C) groups is 1. The zero-order chi connectivity index (χ0) is 18.4. The first kappa shape index (κ1) is 17.5. The Morgan fingerprint density at radius 2 is 1.38 bits per heavy atom. The first-order chi connectivity index (χ1) is 12.6. The maximum Gasteiger partial charge on any atom is 0.131 e. The molecule has 26 heavy (non-hydrogen) atoms. The van der Waals surface area contributed by atoms with Crippen molar-refractivity contribution in [1.29, 1.82) is 0 Å². The lowest BCUT2D eigenvalue weighted by Crippen LogP contribution is -2.16. The number of benzene rings is 3. The van der Waals surface area contributed by atoms with E-state index in [0.29, 0.717) is 11.3 Å². The quantitative estimate of drug-likeness (QED) is 0.326. The molecule has 2 radical (unpaired) electrons. The third-order valence-corrected chi connectivity index (χ3v) is 3.95. The number of nitrogens with two attached hydrogens (primary N) is 1. The summed E-state index contributed by atoms with van der Waals surface area (Å²) in [4.78, 5) is 4.66. The molecular formula is C23H19BN2. The van der Waals surface area contributed by atoms with E-state index < -0.39 is 0 Å². The van der Waals surface area contributed by atoms with E-state index in [4.69, 9.17) is 13.6 Å². The second-order valence-corrected chi connectivity index (χ2v) is 5.91. The Bertz CT molecular complexity index is 958. The number of allylic oxidation sites excluding steroid dienone is 2. The number of rotatable bonds is 5. The van der Waals surface area contributed by atoms with Crippen LogP contribution in [0.15, 0.2) is 103 Å². The fourth-order valence-corrected chi connectivity index (χ4v) is 2.58. The largest absolute Gasteiger partial charge is 0.383 e. The molecule has 0 unspecified atom stereocenters. The van der Waals surface area contributed by atoms with Crippen molar-refractivity contribution in [2.45, 2.75) is 0 Å². The topological polar surface area (TPSA) is 38.4 Å². The van der Waals surface area contributed by atoms with E-state index in [1.165, 1.54) is 0 Å². The monoisotopic (exact) mass is 334 g/mol. The summed E-state index contributed by atoms with van der Waals surface area (Å²) >= 11 is 0. The smallest absolute Gasteiger partial charge is 0.131 e. The summed E-state index contributed by atoms with van der Waals surface area (Å²) in [6.45, 7) is 4.18. The van der Waals surface area contributed by atoms with Crippen LogP contribution in [0.4, 0.5) is 0 Å². The van der Waals surface area contributed by atoms with E-state index in [2.05, 4.69) is 11.6 Å². The van der Waals surface area contributed by atoms with E-state index in [9.17, 15) is 0 Å². The van der Waals surface area contributed by atoms with E-state index in [1.54, 1.807) is 0 Å². The van der Waals surface area contributed by atoms with Gasteiger partial charge in [-0.15, -0.1) is 0 Å². The van der Waals surface area contributed by atoms with Gasteiger partial charge in [0.1, 0.15) is 13.7 Å². The van der Waals surface area contributed by atoms with Crippen molar-refractivity contribution < 1.29 is 0 Å². The minimum Gasteiger partial charge on any atom is -0.383 e. The van der Waals surface area contributed by atoms with Gasteiger partial charge >= 0.3 is 0 Å². The number of amidine groups is 1. The minimum atomic E-state index is 0.410. The molecular weight excluding hydrogens is 315 g/mol. The van der Waals surface area contributed by atoms with Gasteiger partial charge in [0.05, 0.1) is 5.70 Å². The third kappa shape index (κ3) is 4.39. The molecule has 0 aliphatic heterocycles. The van der Waals surface area contributed by atoms with Crippen LogP contribution in [0.2, 0.25) is 0 Å². The number of hydrogen-bond acceptors (Lipinski definition) is 1. The van der Waals surface area contributed by atoms with Crippen molar-refractivity contribution in [3.05, 3.63) is 114 Å². The molecule has 3 heteroatoms. The van der Waals surface area contributed by atoms with Crippen LogP contribution in [-0.2, 0) is 0 Å². The lowest BCUT2D eigenvalue weighted by atomic mass is 9.94. The first-order valence-electron chi connectivity index (χ1n) is 8.35. The van der Waals surface area contributed by atoms with Crippen molar-refractivity contribution in [1.82, 2.24) is 0 Å². The van der Waals surface area contributed by atoms with Gasteiger partial charge in [-0.05, 0) is 17.2 Å². The Hall–Kier alpha value is -3.33. The highest BCUT2D eigenvalue weighted by Gasteiger charge is 2.05. The van der Waals surface area contributed by atoms with Crippen LogP contribution in [0, 0.1) is 0 Å². The van der Waals surface area contributed by atoms with Crippen molar-refractivity contribution in [2.75, 3.05) is 0 Å². The van der Waals surface area contributed by atoms with Crippen LogP contribution in [-0.4, -0.2) is 13.7 Å². The number of hydrogen-bond donors (Lipinski definition) is 1.